The van der Waals surface area contributed by atoms with Gasteiger partial charge in [0, 0.05) is 0 Å². The van der Waals surface area contributed by atoms with Crippen LogP contribution in [0.2, 0.25) is 10.1 Å². The molecule has 0 aliphatic carbocycles. The molecule has 0 unspecified atom stereocenters. The van der Waals surface area contributed by atoms with Crippen molar-refractivity contribution >= 4 is 81.7 Å². The number of benzene rings is 5. The summed E-state index contributed by atoms with van der Waals surface area (Å²) >= 11 is 9.14. The molecule has 234 valence electrons. The van der Waals surface area contributed by atoms with Crippen molar-refractivity contribution in [3.05, 3.63) is 137 Å². The van der Waals surface area contributed by atoms with Gasteiger partial charge in [0.2, 0.25) is 0 Å². The van der Waals surface area contributed by atoms with Crippen LogP contribution in [-0.2, 0) is 0 Å². The fourth-order valence-corrected chi connectivity index (χ4v) is 18.3. The second-order valence-electron chi connectivity index (χ2n) is 13.7. The molecular formula is C39H40O2S3Si2. The topological polar surface area (TPSA) is 18.5 Å². The molecule has 0 saturated carbocycles. The average Bonchev–Trinajstić information content (AvgIpc) is 3.45. The molecule has 6 aromatic rings. The molecule has 0 spiro atoms. The minimum Gasteiger partial charge on any atom is -0.533 e. The highest BCUT2D eigenvalue weighted by molar-refractivity contribution is 7.77. The first-order chi connectivity index (χ1) is 22.0. The van der Waals surface area contributed by atoms with Crippen molar-refractivity contribution in [3.63, 3.8) is 0 Å². The monoisotopic (exact) mass is 692 g/mol. The summed E-state index contributed by atoms with van der Waals surface area (Å²) in [7, 11) is -5.70. The predicted octanol–water partition coefficient (Wildman–Crippen LogP) is 9.57. The van der Waals surface area contributed by atoms with E-state index < -0.39 is 16.6 Å². The van der Waals surface area contributed by atoms with Crippen molar-refractivity contribution in [1.29, 1.82) is 0 Å². The first-order valence-corrected chi connectivity index (χ1v) is 21.5. The second kappa shape index (κ2) is 12.7. The fraction of sp³-hybridized carbons (Fsp3) is 0.205. The lowest BCUT2D eigenvalue weighted by Crippen LogP contribution is -2.69. The van der Waals surface area contributed by atoms with Crippen LogP contribution in [0.1, 0.15) is 41.5 Å². The predicted molar refractivity (Wildman–Crippen MR) is 207 cm³/mol. The zero-order chi connectivity index (χ0) is 32.6. The molecule has 5 aromatic carbocycles. The van der Waals surface area contributed by atoms with Gasteiger partial charge < -0.3 is 8.85 Å². The Morgan fingerprint density at radius 2 is 0.696 bits per heavy atom. The Morgan fingerprint density at radius 1 is 0.435 bits per heavy atom. The lowest BCUT2D eigenvalue weighted by Gasteiger charge is -2.43. The summed E-state index contributed by atoms with van der Waals surface area (Å²) in [5.41, 5.74) is 0. The zero-order valence-corrected chi connectivity index (χ0v) is 31.7. The molecule has 0 saturated heterocycles. The first-order valence-electron chi connectivity index (χ1n) is 15.6. The van der Waals surface area contributed by atoms with E-state index in [2.05, 4.69) is 175 Å². The van der Waals surface area contributed by atoms with Crippen LogP contribution in [0.4, 0.5) is 0 Å². The number of fused-ring (bicyclic) bond motifs is 1. The van der Waals surface area contributed by atoms with E-state index >= 15 is 0 Å². The minimum absolute atomic E-state index is 0.163. The molecule has 0 amide bonds. The Labute approximate surface area is 288 Å². The van der Waals surface area contributed by atoms with Crippen LogP contribution in [0.25, 0.3) is 9.40 Å². The maximum atomic E-state index is 7.55. The fourth-order valence-electron chi connectivity index (χ4n) is 6.70. The van der Waals surface area contributed by atoms with Crippen molar-refractivity contribution in [1.82, 2.24) is 0 Å². The van der Waals surface area contributed by atoms with Crippen LogP contribution in [0.15, 0.2) is 133 Å². The highest BCUT2D eigenvalue weighted by atomic mass is 32.2. The highest BCUT2D eigenvalue weighted by Crippen LogP contribution is 2.47. The Bertz CT molecular complexity index is 1750. The van der Waals surface area contributed by atoms with Crippen molar-refractivity contribution in [2.75, 3.05) is 0 Å². The molecule has 0 atom stereocenters. The molecule has 6 rings (SSSR count). The summed E-state index contributed by atoms with van der Waals surface area (Å²) in [4.78, 5) is 0. The lowest BCUT2D eigenvalue weighted by molar-refractivity contribution is 0.505. The van der Waals surface area contributed by atoms with E-state index in [-0.39, 0.29) is 10.1 Å². The van der Waals surface area contributed by atoms with E-state index in [4.69, 9.17) is 21.1 Å². The molecule has 2 nitrogen and oxygen atoms in total. The third kappa shape index (κ3) is 5.73. The van der Waals surface area contributed by atoms with Crippen molar-refractivity contribution in [2.24, 2.45) is 0 Å². The molecule has 0 fully saturated rings. The molecule has 46 heavy (non-hydrogen) atoms. The summed E-state index contributed by atoms with van der Waals surface area (Å²) in [6.45, 7) is 13.9. The van der Waals surface area contributed by atoms with Gasteiger partial charge in [0.05, 0.1) is 9.40 Å². The molecule has 0 radical (unpaired) electrons. The molecule has 0 bridgehead atoms. The van der Waals surface area contributed by atoms with Crippen molar-refractivity contribution in [3.8, 4) is 11.5 Å². The Balaban J connectivity index is 1.57. The van der Waals surface area contributed by atoms with Crippen LogP contribution < -0.4 is 29.6 Å². The number of hydrogen-bond acceptors (Lipinski definition) is 5. The van der Waals surface area contributed by atoms with E-state index in [1.54, 1.807) is 22.7 Å². The van der Waals surface area contributed by atoms with Gasteiger partial charge in [0.1, 0.15) is 14.6 Å². The average molecular weight is 693 g/mol. The highest BCUT2D eigenvalue weighted by Gasteiger charge is 2.54. The van der Waals surface area contributed by atoms with Crippen LogP contribution >= 0.6 is 34.9 Å². The summed E-state index contributed by atoms with van der Waals surface area (Å²) in [6.07, 6.45) is 0. The van der Waals surface area contributed by atoms with Gasteiger partial charge in [-0.1, -0.05) is 175 Å². The van der Waals surface area contributed by atoms with E-state index in [0.29, 0.717) is 0 Å². The summed E-state index contributed by atoms with van der Waals surface area (Å²) < 4.78 is 18.1. The van der Waals surface area contributed by atoms with Gasteiger partial charge in [-0.05, 0) is 43.0 Å². The van der Waals surface area contributed by atoms with E-state index in [1.165, 1.54) is 20.7 Å². The maximum Gasteiger partial charge on any atom is 0.320 e. The van der Waals surface area contributed by atoms with E-state index in [0.717, 1.165) is 24.0 Å². The lowest BCUT2D eigenvalue weighted by atomic mass is 10.2. The van der Waals surface area contributed by atoms with Gasteiger partial charge in [0.15, 0.2) is 0 Å². The van der Waals surface area contributed by atoms with Gasteiger partial charge in [0.25, 0.3) is 0 Å². The molecule has 0 aliphatic rings. The largest absolute Gasteiger partial charge is 0.533 e. The van der Waals surface area contributed by atoms with Gasteiger partial charge in [-0.15, -0.1) is 22.7 Å². The van der Waals surface area contributed by atoms with Gasteiger partial charge in [-0.3, -0.25) is 0 Å². The Morgan fingerprint density at radius 3 is 0.935 bits per heavy atom. The van der Waals surface area contributed by atoms with E-state index in [9.17, 15) is 0 Å². The van der Waals surface area contributed by atoms with Crippen LogP contribution in [-0.4, -0.2) is 16.6 Å². The Kier molecular flexibility index (Phi) is 9.00. The van der Waals surface area contributed by atoms with Gasteiger partial charge >= 0.3 is 16.6 Å². The van der Waals surface area contributed by atoms with Crippen LogP contribution in [0.3, 0.4) is 0 Å². The molecule has 0 N–H and O–H groups in total. The minimum atomic E-state index is -2.85. The normalized spacial score (nSPS) is 12.7. The molecule has 0 aliphatic heterocycles. The second-order valence-corrected chi connectivity index (χ2v) is 25.4. The SMILES string of the molecule is CC(C)(C)[Si](Oc1ccc(O[Si](c2ccccc2)(c2ccccc2)C(C)(C)C)c2sc(=S)sc12)(c1ccccc1)c1ccccc1. The first kappa shape index (κ1) is 32.6. The smallest absolute Gasteiger partial charge is 0.320 e. The standard InChI is InChI=1S/C39H40O2S3Si2/c1-38(2,3)45(29-19-11-7-12-20-29,30-21-13-8-14-22-30)40-33-27-28-34(36-35(33)43-37(42)44-36)41-46(39(4,5)6,31-23-15-9-16-24-31)32-25-17-10-18-26-32/h7-28H,1-6H3. The molecule has 7 heteroatoms. The van der Waals surface area contributed by atoms with Gasteiger partial charge in [-0.25, -0.2) is 0 Å². The van der Waals surface area contributed by atoms with Crippen LogP contribution in [0.5, 0.6) is 11.5 Å². The number of rotatable bonds is 8. The number of hydrogen-bond donors (Lipinski definition) is 0. The third-order valence-corrected chi connectivity index (χ3v) is 21.3. The van der Waals surface area contributed by atoms with Crippen LogP contribution in [0, 0.1) is 3.14 Å². The summed E-state index contributed by atoms with van der Waals surface area (Å²) in [6, 6.07) is 47.5. The molecular weight excluding hydrogens is 653 g/mol. The Hall–Kier alpha value is -3.34. The summed E-state index contributed by atoms with van der Waals surface area (Å²) in [5.74, 6) is 1.74. The zero-order valence-electron chi connectivity index (χ0n) is 27.2. The summed E-state index contributed by atoms with van der Waals surface area (Å²) in [5, 5.41) is 4.65. The third-order valence-electron chi connectivity index (χ3n) is 8.77. The maximum absolute atomic E-state index is 7.55. The van der Waals surface area contributed by atoms with E-state index in [1.807, 2.05) is 0 Å². The van der Waals surface area contributed by atoms with Crippen molar-refractivity contribution < 1.29 is 8.85 Å². The van der Waals surface area contributed by atoms with Crippen molar-refractivity contribution in [2.45, 2.75) is 51.6 Å². The van der Waals surface area contributed by atoms with Gasteiger partial charge in [-0.2, -0.15) is 0 Å². The molecule has 1 heterocycles. The quantitative estimate of drug-likeness (QED) is 0.117. The molecule has 1 aromatic heterocycles.